The first kappa shape index (κ1) is 15.6. The van der Waals surface area contributed by atoms with E-state index in [4.69, 9.17) is 5.11 Å². The lowest BCUT2D eigenvalue weighted by molar-refractivity contribution is -0.141. The summed E-state index contributed by atoms with van der Waals surface area (Å²) in [6.45, 7) is 2.93. The number of rotatable bonds is 7. The van der Waals surface area contributed by atoms with E-state index in [1.54, 1.807) is 11.8 Å². The number of carboxylic acid groups (broad SMARTS) is 1. The number of carboxylic acids is 1. The van der Waals surface area contributed by atoms with Gasteiger partial charge in [-0.05, 0) is 21.0 Å². The fourth-order valence-electron chi connectivity index (χ4n) is 2.13. The fraction of sp³-hybridized carbons (Fsp3) is 0.750. The highest BCUT2D eigenvalue weighted by Crippen LogP contribution is 2.18. The maximum Gasteiger partial charge on any atom is 0.317 e. The molecule has 108 valence electrons. The summed E-state index contributed by atoms with van der Waals surface area (Å²) in [6, 6.07) is -0.636. The van der Waals surface area contributed by atoms with E-state index >= 15 is 0 Å². The van der Waals surface area contributed by atoms with Crippen LogP contribution in [0.25, 0.3) is 0 Å². The number of carbonyl (C=O) groups excluding carboxylic acids is 2. The molecule has 7 heteroatoms. The maximum absolute atomic E-state index is 12.1. The van der Waals surface area contributed by atoms with Crippen molar-refractivity contribution in [2.45, 2.75) is 19.4 Å². The Hall–Kier alpha value is -1.47. The minimum Gasteiger partial charge on any atom is -0.480 e. The van der Waals surface area contributed by atoms with Crippen LogP contribution in [0.3, 0.4) is 0 Å². The van der Waals surface area contributed by atoms with E-state index in [2.05, 4.69) is 0 Å². The van der Waals surface area contributed by atoms with Crippen LogP contribution in [0.1, 0.15) is 13.3 Å². The van der Waals surface area contributed by atoms with E-state index in [0.717, 1.165) is 0 Å². The fourth-order valence-corrected chi connectivity index (χ4v) is 2.13. The number of likely N-dealkylation sites (N-methyl/N-ethyl adjacent to an activating group) is 2. The van der Waals surface area contributed by atoms with Gasteiger partial charge in [0.1, 0.15) is 0 Å². The minimum absolute atomic E-state index is 0.0768. The summed E-state index contributed by atoms with van der Waals surface area (Å²) >= 11 is 0. The van der Waals surface area contributed by atoms with Crippen molar-refractivity contribution < 1.29 is 19.5 Å². The van der Waals surface area contributed by atoms with Crippen molar-refractivity contribution in [2.75, 3.05) is 40.3 Å². The summed E-state index contributed by atoms with van der Waals surface area (Å²) in [7, 11) is 3.75. The standard InChI is InChI=1S/C12H21N3O4/c1-4-15-10(16)7-9(12(15)19)14(8-11(17)18)6-5-13(2)3/h9H,4-8H2,1-3H3,(H,17,18). The number of aliphatic carboxylic acids is 1. The summed E-state index contributed by atoms with van der Waals surface area (Å²) in [4.78, 5) is 39.3. The van der Waals surface area contributed by atoms with E-state index in [-0.39, 0.29) is 24.8 Å². The molecule has 1 atom stereocenters. The molecule has 1 saturated heterocycles. The highest BCUT2D eigenvalue weighted by Gasteiger charge is 2.41. The Morgan fingerprint density at radius 3 is 2.42 bits per heavy atom. The molecule has 0 aliphatic carbocycles. The first-order chi connectivity index (χ1) is 8.86. The summed E-state index contributed by atoms with van der Waals surface area (Å²) in [5.74, 6) is -1.50. The highest BCUT2D eigenvalue weighted by molar-refractivity contribution is 6.05. The molecule has 19 heavy (non-hydrogen) atoms. The average molecular weight is 271 g/mol. The van der Waals surface area contributed by atoms with Gasteiger partial charge in [-0.1, -0.05) is 0 Å². The van der Waals surface area contributed by atoms with Crippen molar-refractivity contribution in [1.29, 1.82) is 0 Å². The van der Waals surface area contributed by atoms with Crippen LogP contribution in [0.5, 0.6) is 0 Å². The molecular formula is C12H21N3O4. The largest absolute Gasteiger partial charge is 0.480 e. The number of likely N-dealkylation sites (tertiary alicyclic amines) is 1. The van der Waals surface area contributed by atoms with Crippen LogP contribution in [-0.2, 0) is 14.4 Å². The molecule has 1 N–H and O–H groups in total. The summed E-state index contributed by atoms with van der Waals surface area (Å²) < 4.78 is 0. The van der Waals surface area contributed by atoms with Crippen LogP contribution in [-0.4, -0.2) is 83.9 Å². The van der Waals surface area contributed by atoms with E-state index in [0.29, 0.717) is 19.6 Å². The van der Waals surface area contributed by atoms with Crippen LogP contribution < -0.4 is 0 Å². The second-order valence-corrected chi connectivity index (χ2v) is 4.86. The second-order valence-electron chi connectivity index (χ2n) is 4.86. The zero-order valence-electron chi connectivity index (χ0n) is 11.6. The third-order valence-electron chi connectivity index (χ3n) is 3.15. The van der Waals surface area contributed by atoms with Crippen LogP contribution in [0.2, 0.25) is 0 Å². The van der Waals surface area contributed by atoms with Gasteiger partial charge in [0.2, 0.25) is 11.8 Å². The lowest BCUT2D eigenvalue weighted by Gasteiger charge is -2.26. The number of hydrogen-bond acceptors (Lipinski definition) is 5. The number of amides is 2. The third-order valence-corrected chi connectivity index (χ3v) is 3.15. The summed E-state index contributed by atoms with van der Waals surface area (Å²) in [5, 5.41) is 8.92. The number of carbonyl (C=O) groups is 3. The predicted octanol–water partition coefficient (Wildman–Crippen LogP) is -0.918. The van der Waals surface area contributed by atoms with E-state index in [9.17, 15) is 14.4 Å². The average Bonchev–Trinajstić information content (AvgIpc) is 2.59. The SMILES string of the molecule is CCN1C(=O)CC(N(CCN(C)C)CC(=O)O)C1=O. The normalized spacial score (nSPS) is 19.8. The molecular weight excluding hydrogens is 250 g/mol. The summed E-state index contributed by atoms with van der Waals surface area (Å²) in [6.07, 6.45) is 0.0768. The molecule has 1 fully saturated rings. The van der Waals surface area contributed by atoms with E-state index < -0.39 is 12.0 Å². The molecule has 1 aliphatic heterocycles. The molecule has 1 unspecified atom stereocenters. The van der Waals surface area contributed by atoms with Crippen LogP contribution >= 0.6 is 0 Å². The Labute approximate surface area is 112 Å². The van der Waals surface area contributed by atoms with Gasteiger partial charge in [-0.15, -0.1) is 0 Å². The Morgan fingerprint density at radius 2 is 2.00 bits per heavy atom. The van der Waals surface area contributed by atoms with Crippen LogP contribution in [0, 0.1) is 0 Å². The minimum atomic E-state index is -0.992. The smallest absolute Gasteiger partial charge is 0.317 e. The Kier molecular flexibility index (Phi) is 5.44. The van der Waals surface area contributed by atoms with Gasteiger partial charge in [0.15, 0.2) is 0 Å². The van der Waals surface area contributed by atoms with E-state index in [1.165, 1.54) is 4.90 Å². The lowest BCUT2D eigenvalue weighted by atomic mass is 10.2. The molecule has 7 nitrogen and oxygen atoms in total. The Balaban J connectivity index is 2.77. The van der Waals surface area contributed by atoms with Crippen LogP contribution in [0.15, 0.2) is 0 Å². The second kappa shape index (κ2) is 6.63. The van der Waals surface area contributed by atoms with Gasteiger partial charge in [0.25, 0.3) is 0 Å². The van der Waals surface area contributed by atoms with Crippen molar-refractivity contribution >= 4 is 17.8 Å². The molecule has 0 aromatic heterocycles. The number of imide groups is 1. The van der Waals surface area contributed by atoms with Gasteiger partial charge in [0.05, 0.1) is 19.0 Å². The first-order valence-corrected chi connectivity index (χ1v) is 6.31. The van der Waals surface area contributed by atoms with Gasteiger partial charge in [-0.25, -0.2) is 0 Å². The molecule has 0 bridgehead atoms. The van der Waals surface area contributed by atoms with Crippen molar-refractivity contribution in [1.82, 2.24) is 14.7 Å². The predicted molar refractivity (Wildman–Crippen MR) is 68.6 cm³/mol. The molecule has 2 amide bonds. The molecule has 1 aliphatic rings. The molecule has 1 heterocycles. The highest BCUT2D eigenvalue weighted by atomic mass is 16.4. The van der Waals surface area contributed by atoms with Gasteiger partial charge in [-0.2, -0.15) is 0 Å². The van der Waals surface area contributed by atoms with Crippen molar-refractivity contribution in [2.24, 2.45) is 0 Å². The molecule has 1 rings (SSSR count). The third kappa shape index (κ3) is 4.00. The number of hydrogen-bond donors (Lipinski definition) is 1. The zero-order chi connectivity index (χ0) is 14.6. The van der Waals surface area contributed by atoms with Crippen molar-refractivity contribution in [3.63, 3.8) is 0 Å². The van der Waals surface area contributed by atoms with Gasteiger partial charge < -0.3 is 10.0 Å². The molecule has 0 radical (unpaired) electrons. The molecule has 0 aromatic carbocycles. The molecule has 0 aromatic rings. The number of nitrogens with zero attached hydrogens (tertiary/aromatic N) is 3. The van der Waals surface area contributed by atoms with Crippen molar-refractivity contribution in [3.8, 4) is 0 Å². The van der Waals surface area contributed by atoms with Crippen LogP contribution in [0.4, 0.5) is 0 Å². The molecule has 0 saturated carbocycles. The Bertz CT molecular complexity index is 370. The lowest BCUT2D eigenvalue weighted by Crippen LogP contribution is -2.46. The zero-order valence-corrected chi connectivity index (χ0v) is 11.6. The molecule has 0 spiro atoms. The van der Waals surface area contributed by atoms with Gasteiger partial charge >= 0.3 is 5.97 Å². The monoisotopic (exact) mass is 271 g/mol. The topological polar surface area (TPSA) is 81.2 Å². The summed E-state index contributed by atoms with van der Waals surface area (Å²) in [5.41, 5.74) is 0. The van der Waals surface area contributed by atoms with Gasteiger partial charge in [-0.3, -0.25) is 24.2 Å². The van der Waals surface area contributed by atoms with Gasteiger partial charge in [0, 0.05) is 19.6 Å². The van der Waals surface area contributed by atoms with Crippen molar-refractivity contribution in [3.05, 3.63) is 0 Å². The first-order valence-electron chi connectivity index (χ1n) is 6.31. The van der Waals surface area contributed by atoms with E-state index in [1.807, 2.05) is 19.0 Å². The maximum atomic E-state index is 12.1. The Morgan fingerprint density at radius 1 is 1.37 bits per heavy atom. The quantitative estimate of drug-likeness (QED) is 0.603.